The lowest BCUT2D eigenvalue weighted by Crippen LogP contribution is -2.41. The minimum atomic E-state index is -0.382. The first-order chi connectivity index (χ1) is 9.62. The maximum atomic E-state index is 13.1. The second kappa shape index (κ2) is 5.54. The number of benzene rings is 1. The van der Waals surface area contributed by atoms with Gasteiger partial charge in [-0.05, 0) is 64.7 Å². The summed E-state index contributed by atoms with van der Waals surface area (Å²) in [6.45, 7) is 9.68. The Morgan fingerprint density at radius 2 is 1.76 bits per heavy atom. The van der Waals surface area contributed by atoms with Crippen molar-refractivity contribution >= 4 is 12.9 Å². The minimum Gasteiger partial charge on any atom is -0.403 e. The summed E-state index contributed by atoms with van der Waals surface area (Å²) in [4.78, 5) is 12.2. The molecule has 0 aromatic heterocycles. The summed E-state index contributed by atoms with van der Waals surface area (Å²) in [5.74, 6) is -0.336. The van der Waals surface area contributed by atoms with Crippen LogP contribution in [0.2, 0.25) is 6.32 Å². The van der Waals surface area contributed by atoms with E-state index in [0.717, 1.165) is 0 Å². The van der Waals surface area contributed by atoms with Gasteiger partial charge in [-0.2, -0.15) is 0 Å². The summed E-state index contributed by atoms with van der Waals surface area (Å²) in [5, 5.41) is 0. The van der Waals surface area contributed by atoms with Crippen LogP contribution < -0.4 is 0 Å². The average Bonchev–Trinajstić information content (AvgIpc) is 2.55. The van der Waals surface area contributed by atoms with Gasteiger partial charge in [0.2, 0.25) is 0 Å². The quantitative estimate of drug-likeness (QED) is 0.625. The van der Waals surface area contributed by atoms with Crippen molar-refractivity contribution in [3.63, 3.8) is 0 Å². The predicted octanol–water partition coefficient (Wildman–Crippen LogP) is 3.80. The highest BCUT2D eigenvalue weighted by atomic mass is 19.1. The molecule has 1 fully saturated rings. The zero-order valence-electron chi connectivity index (χ0n) is 13.3. The minimum absolute atomic E-state index is 0.0118. The first kappa shape index (κ1) is 16.2. The Hall–Kier alpha value is -1.20. The molecule has 0 radical (unpaired) electrons. The Bertz CT molecular complexity index is 538. The standard InChI is InChI=1S/C16H22BFO3/c1-11-10-12(18)6-7-13(11)14(19)8-9-17-20-15(2,3)16(4,5)21-17/h6-7,10H,8-9H2,1-5H3. The predicted molar refractivity (Wildman–Crippen MR) is 81.0 cm³/mol. The highest BCUT2D eigenvalue weighted by Gasteiger charge is 2.50. The van der Waals surface area contributed by atoms with Crippen LogP contribution in [0, 0.1) is 12.7 Å². The number of hydrogen-bond acceptors (Lipinski definition) is 3. The molecule has 21 heavy (non-hydrogen) atoms. The van der Waals surface area contributed by atoms with Crippen LogP contribution in [-0.2, 0) is 9.31 Å². The van der Waals surface area contributed by atoms with Crippen molar-refractivity contribution in [2.24, 2.45) is 0 Å². The van der Waals surface area contributed by atoms with Gasteiger partial charge in [0.1, 0.15) is 5.82 Å². The Balaban J connectivity index is 1.97. The Morgan fingerprint density at radius 3 is 2.29 bits per heavy atom. The van der Waals surface area contributed by atoms with E-state index < -0.39 is 0 Å². The molecule has 114 valence electrons. The number of Topliss-reactive ketones (excluding diaryl/α,β-unsaturated/α-hetero) is 1. The molecule has 0 spiro atoms. The van der Waals surface area contributed by atoms with E-state index in [1.54, 1.807) is 6.92 Å². The molecule has 1 aromatic rings. The van der Waals surface area contributed by atoms with E-state index in [4.69, 9.17) is 9.31 Å². The molecule has 1 saturated heterocycles. The molecule has 1 aliphatic heterocycles. The van der Waals surface area contributed by atoms with E-state index in [2.05, 4.69) is 0 Å². The Kier molecular flexibility index (Phi) is 4.27. The number of halogens is 1. The Morgan fingerprint density at radius 1 is 1.19 bits per heavy atom. The van der Waals surface area contributed by atoms with Crippen molar-refractivity contribution < 1.29 is 18.5 Å². The molecule has 0 aliphatic carbocycles. The van der Waals surface area contributed by atoms with Gasteiger partial charge in [0.25, 0.3) is 0 Å². The molecule has 3 nitrogen and oxygen atoms in total. The van der Waals surface area contributed by atoms with Crippen LogP contribution in [-0.4, -0.2) is 24.1 Å². The number of carbonyl (C=O) groups excluding carboxylic acids is 1. The first-order valence-corrected chi connectivity index (χ1v) is 7.27. The van der Waals surface area contributed by atoms with Gasteiger partial charge in [0, 0.05) is 12.0 Å². The SMILES string of the molecule is Cc1cc(F)ccc1C(=O)CCB1OC(C)(C)C(C)(C)O1. The van der Waals surface area contributed by atoms with Crippen LogP contribution in [0.25, 0.3) is 0 Å². The van der Waals surface area contributed by atoms with E-state index in [1.165, 1.54) is 18.2 Å². The largest absolute Gasteiger partial charge is 0.458 e. The molecule has 5 heteroatoms. The fourth-order valence-electron chi connectivity index (χ4n) is 2.41. The maximum Gasteiger partial charge on any atom is 0.458 e. The van der Waals surface area contributed by atoms with Gasteiger partial charge >= 0.3 is 7.12 Å². The van der Waals surface area contributed by atoms with Crippen molar-refractivity contribution in [3.8, 4) is 0 Å². The van der Waals surface area contributed by atoms with Gasteiger partial charge in [-0.15, -0.1) is 0 Å². The summed E-state index contributed by atoms with van der Waals surface area (Å²) in [6, 6.07) is 4.23. The molecule has 0 unspecified atom stereocenters. The third-order valence-electron chi connectivity index (χ3n) is 4.40. The molecule has 0 atom stereocenters. The number of rotatable bonds is 4. The van der Waals surface area contributed by atoms with Crippen LogP contribution >= 0.6 is 0 Å². The summed E-state index contributed by atoms with van der Waals surface area (Å²) in [5.41, 5.74) is 0.459. The van der Waals surface area contributed by atoms with Crippen LogP contribution in [0.5, 0.6) is 0 Å². The summed E-state index contributed by atoms with van der Waals surface area (Å²) < 4.78 is 24.8. The van der Waals surface area contributed by atoms with Crippen LogP contribution in [0.15, 0.2) is 18.2 Å². The molecule has 1 aromatic carbocycles. The molecule has 1 heterocycles. The number of hydrogen-bond donors (Lipinski definition) is 0. The van der Waals surface area contributed by atoms with E-state index in [1.807, 2.05) is 27.7 Å². The number of ketones is 1. The van der Waals surface area contributed by atoms with E-state index in [-0.39, 0.29) is 29.9 Å². The van der Waals surface area contributed by atoms with Crippen LogP contribution in [0.4, 0.5) is 4.39 Å². The summed E-state index contributed by atoms with van der Waals surface area (Å²) in [6.07, 6.45) is 0.825. The zero-order valence-corrected chi connectivity index (χ0v) is 13.3. The maximum absolute atomic E-state index is 13.1. The van der Waals surface area contributed by atoms with Gasteiger partial charge in [-0.3, -0.25) is 4.79 Å². The van der Waals surface area contributed by atoms with Crippen molar-refractivity contribution in [1.82, 2.24) is 0 Å². The third-order valence-corrected chi connectivity index (χ3v) is 4.40. The fraction of sp³-hybridized carbons (Fsp3) is 0.562. The van der Waals surface area contributed by atoms with Gasteiger partial charge < -0.3 is 9.31 Å². The third kappa shape index (κ3) is 3.35. The molecular formula is C16H22BFO3. The van der Waals surface area contributed by atoms with Crippen LogP contribution in [0.3, 0.4) is 0 Å². The lowest BCUT2D eigenvalue weighted by Gasteiger charge is -2.32. The zero-order chi connectivity index (χ0) is 15.8. The van der Waals surface area contributed by atoms with Gasteiger partial charge in [-0.1, -0.05) is 0 Å². The summed E-state index contributed by atoms with van der Waals surface area (Å²) in [7, 11) is -0.375. The smallest absolute Gasteiger partial charge is 0.403 e. The van der Waals surface area contributed by atoms with E-state index in [9.17, 15) is 9.18 Å². The normalized spacial score (nSPS) is 19.8. The monoisotopic (exact) mass is 292 g/mol. The van der Waals surface area contributed by atoms with E-state index in [0.29, 0.717) is 23.9 Å². The van der Waals surface area contributed by atoms with Crippen LogP contribution in [0.1, 0.15) is 50.0 Å². The first-order valence-electron chi connectivity index (χ1n) is 7.27. The summed E-state index contributed by atoms with van der Waals surface area (Å²) >= 11 is 0. The average molecular weight is 292 g/mol. The van der Waals surface area contributed by atoms with E-state index >= 15 is 0 Å². The van der Waals surface area contributed by atoms with Crippen molar-refractivity contribution in [2.75, 3.05) is 0 Å². The number of aryl methyl sites for hydroxylation is 1. The fourth-order valence-corrected chi connectivity index (χ4v) is 2.41. The highest BCUT2D eigenvalue weighted by molar-refractivity contribution is 6.46. The Labute approximate surface area is 126 Å². The molecule has 0 bridgehead atoms. The van der Waals surface area contributed by atoms with Gasteiger partial charge in [-0.25, -0.2) is 4.39 Å². The molecule has 0 N–H and O–H groups in total. The highest BCUT2D eigenvalue weighted by Crippen LogP contribution is 2.38. The lowest BCUT2D eigenvalue weighted by molar-refractivity contribution is 0.00578. The van der Waals surface area contributed by atoms with Crippen molar-refractivity contribution in [1.29, 1.82) is 0 Å². The number of carbonyl (C=O) groups is 1. The molecule has 0 saturated carbocycles. The second-order valence-electron chi connectivity index (χ2n) is 6.61. The molecule has 0 amide bonds. The topological polar surface area (TPSA) is 35.5 Å². The van der Waals surface area contributed by atoms with Crippen molar-refractivity contribution in [2.45, 2.75) is 58.6 Å². The molecule has 1 aliphatic rings. The van der Waals surface area contributed by atoms with Gasteiger partial charge in [0.15, 0.2) is 5.78 Å². The van der Waals surface area contributed by atoms with Gasteiger partial charge in [0.05, 0.1) is 11.2 Å². The molecule has 2 rings (SSSR count). The second-order valence-corrected chi connectivity index (χ2v) is 6.61. The van der Waals surface area contributed by atoms with Crippen molar-refractivity contribution in [3.05, 3.63) is 35.1 Å². The lowest BCUT2D eigenvalue weighted by atomic mass is 9.81. The molecular weight excluding hydrogens is 270 g/mol.